The SMILES string of the molecule is CCC(C)C(NC(=O)C(CC(=O)O)NC(=O)C(CC(=O)O)NC(=O)C(N)CCSC)C(=O)O. The van der Waals surface area contributed by atoms with Crippen molar-refractivity contribution in [1.82, 2.24) is 16.0 Å². The molecule has 0 heterocycles. The maximum atomic E-state index is 12.6. The smallest absolute Gasteiger partial charge is 0.326 e. The van der Waals surface area contributed by atoms with Crippen molar-refractivity contribution in [3.05, 3.63) is 0 Å². The van der Waals surface area contributed by atoms with E-state index in [-0.39, 0.29) is 6.42 Å². The van der Waals surface area contributed by atoms with E-state index in [1.54, 1.807) is 20.1 Å². The van der Waals surface area contributed by atoms with Crippen molar-refractivity contribution in [2.45, 2.75) is 63.7 Å². The Kier molecular flexibility index (Phi) is 13.7. The van der Waals surface area contributed by atoms with Gasteiger partial charge in [0.05, 0.1) is 18.9 Å². The van der Waals surface area contributed by atoms with Gasteiger partial charge in [0.1, 0.15) is 18.1 Å². The lowest BCUT2D eigenvalue weighted by molar-refractivity contribution is -0.145. The molecule has 0 saturated heterocycles. The van der Waals surface area contributed by atoms with Crippen molar-refractivity contribution >= 4 is 47.4 Å². The molecule has 33 heavy (non-hydrogen) atoms. The molecule has 0 aliphatic rings. The molecule has 188 valence electrons. The fourth-order valence-corrected chi connectivity index (χ4v) is 3.12. The first-order valence-corrected chi connectivity index (χ1v) is 11.5. The normalized spacial score (nSPS) is 15.3. The Bertz CT molecular complexity index is 734. The van der Waals surface area contributed by atoms with Crippen molar-refractivity contribution in [2.75, 3.05) is 12.0 Å². The third-order valence-corrected chi connectivity index (χ3v) is 5.41. The fraction of sp³-hybridized carbons (Fsp3) is 0.684. The summed E-state index contributed by atoms with van der Waals surface area (Å²) in [5.41, 5.74) is 5.72. The van der Waals surface area contributed by atoms with Crippen molar-refractivity contribution in [3.8, 4) is 0 Å². The molecule has 5 unspecified atom stereocenters. The van der Waals surface area contributed by atoms with Crippen LogP contribution in [0.5, 0.6) is 0 Å². The molecule has 13 nitrogen and oxygen atoms in total. The lowest BCUT2D eigenvalue weighted by atomic mass is 9.98. The second-order valence-electron chi connectivity index (χ2n) is 7.42. The van der Waals surface area contributed by atoms with E-state index in [4.69, 9.17) is 15.9 Å². The van der Waals surface area contributed by atoms with E-state index in [1.165, 1.54) is 11.8 Å². The van der Waals surface area contributed by atoms with E-state index in [1.807, 2.05) is 0 Å². The van der Waals surface area contributed by atoms with Gasteiger partial charge in [-0.05, 0) is 24.3 Å². The number of aliphatic carboxylic acids is 3. The second kappa shape index (κ2) is 15.1. The number of thioether (sulfide) groups is 1. The lowest BCUT2D eigenvalue weighted by Crippen LogP contribution is -2.58. The summed E-state index contributed by atoms with van der Waals surface area (Å²) in [6.45, 7) is 3.27. The van der Waals surface area contributed by atoms with Gasteiger partial charge in [-0.15, -0.1) is 0 Å². The summed E-state index contributed by atoms with van der Waals surface area (Å²) >= 11 is 1.44. The molecule has 0 radical (unpaired) electrons. The molecule has 0 spiro atoms. The molecule has 0 aliphatic carbocycles. The summed E-state index contributed by atoms with van der Waals surface area (Å²) in [4.78, 5) is 71.2. The van der Waals surface area contributed by atoms with Gasteiger partial charge in [-0.1, -0.05) is 20.3 Å². The number of hydrogen-bond donors (Lipinski definition) is 7. The van der Waals surface area contributed by atoms with E-state index in [0.29, 0.717) is 12.2 Å². The number of nitrogens with two attached hydrogens (primary N) is 1. The molecular weight excluding hydrogens is 460 g/mol. The van der Waals surface area contributed by atoms with Gasteiger partial charge < -0.3 is 37.0 Å². The maximum absolute atomic E-state index is 12.6. The van der Waals surface area contributed by atoms with Gasteiger partial charge in [-0.3, -0.25) is 24.0 Å². The van der Waals surface area contributed by atoms with Crippen LogP contribution in [-0.2, 0) is 28.8 Å². The maximum Gasteiger partial charge on any atom is 0.326 e. The molecule has 0 saturated carbocycles. The number of nitrogens with one attached hydrogen (secondary N) is 3. The Morgan fingerprint density at radius 1 is 0.848 bits per heavy atom. The summed E-state index contributed by atoms with van der Waals surface area (Å²) < 4.78 is 0. The van der Waals surface area contributed by atoms with Crippen LogP contribution in [0, 0.1) is 5.92 Å². The Balaban J connectivity index is 5.54. The Labute approximate surface area is 195 Å². The second-order valence-corrected chi connectivity index (χ2v) is 8.40. The third kappa shape index (κ3) is 11.5. The lowest BCUT2D eigenvalue weighted by Gasteiger charge is -2.25. The summed E-state index contributed by atoms with van der Waals surface area (Å²) in [7, 11) is 0. The molecule has 0 aliphatic heterocycles. The van der Waals surface area contributed by atoms with Gasteiger partial charge in [0.2, 0.25) is 17.7 Å². The predicted octanol–water partition coefficient (Wildman–Crippen LogP) is -1.40. The first kappa shape index (κ1) is 30.1. The van der Waals surface area contributed by atoms with Crippen LogP contribution < -0.4 is 21.7 Å². The number of rotatable bonds is 16. The molecule has 5 atom stereocenters. The number of amides is 3. The minimum absolute atomic E-state index is 0.268. The third-order valence-electron chi connectivity index (χ3n) is 4.77. The van der Waals surface area contributed by atoms with Gasteiger partial charge in [0.15, 0.2) is 0 Å². The van der Waals surface area contributed by atoms with Gasteiger partial charge in [0.25, 0.3) is 0 Å². The summed E-state index contributed by atoms with van der Waals surface area (Å²) in [5.74, 6) is -7.17. The summed E-state index contributed by atoms with van der Waals surface area (Å²) in [6.07, 6.45) is 0.723. The van der Waals surface area contributed by atoms with Crippen LogP contribution in [0.1, 0.15) is 39.5 Å². The Hall–Kier alpha value is -2.87. The predicted molar refractivity (Wildman–Crippen MR) is 118 cm³/mol. The summed E-state index contributed by atoms with van der Waals surface area (Å²) in [6, 6.07) is -5.69. The van der Waals surface area contributed by atoms with Crippen LogP contribution in [0.3, 0.4) is 0 Å². The van der Waals surface area contributed by atoms with Crippen LogP contribution in [0.25, 0.3) is 0 Å². The van der Waals surface area contributed by atoms with Gasteiger partial charge >= 0.3 is 17.9 Å². The van der Waals surface area contributed by atoms with Crippen LogP contribution in [0.2, 0.25) is 0 Å². The minimum Gasteiger partial charge on any atom is -0.481 e. The quantitative estimate of drug-likeness (QED) is 0.133. The van der Waals surface area contributed by atoms with Crippen molar-refractivity contribution < 1.29 is 44.1 Å². The standard InChI is InChI=1S/C19H32N4O9S/c1-4-9(2)15(19(31)32)23-18(30)12(8-14(26)27)22-17(29)11(7-13(24)25)21-16(28)10(20)5-6-33-3/h9-12,15H,4-8,20H2,1-3H3,(H,21,28)(H,22,29)(H,23,30)(H,24,25)(H,26,27)(H,31,32). The minimum atomic E-state index is -1.71. The van der Waals surface area contributed by atoms with Crippen molar-refractivity contribution in [2.24, 2.45) is 11.7 Å². The first-order chi connectivity index (χ1) is 15.3. The van der Waals surface area contributed by atoms with E-state index in [0.717, 1.165) is 0 Å². The molecule has 0 aromatic heterocycles. The molecule has 0 aromatic carbocycles. The van der Waals surface area contributed by atoms with E-state index in [9.17, 15) is 33.9 Å². The zero-order valence-electron chi connectivity index (χ0n) is 18.7. The zero-order valence-corrected chi connectivity index (χ0v) is 19.5. The van der Waals surface area contributed by atoms with Crippen LogP contribution in [0.4, 0.5) is 0 Å². The van der Waals surface area contributed by atoms with Gasteiger partial charge in [0, 0.05) is 0 Å². The summed E-state index contributed by atoms with van der Waals surface area (Å²) in [5, 5.41) is 34.0. The Morgan fingerprint density at radius 2 is 1.30 bits per heavy atom. The van der Waals surface area contributed by atoms with Gasteiger partial charge in [-0.25, -0.2) is 4.79 Å². The number of carbonyl (C=O) groups excluding carboxylic acids is 3. The van der Waals surface area contributed by atoms with Crippen LogP contribution >= 0.6 is 11.8 Å². The molecule has 0 rings (SSSR count). The van der Waals surface area contributed by atoms with Gasteiger partial charge in [-0.2, -0.15) is 11.8 Å². The average Bonchev–Trinajstić information content (AvgIpc) is 2.72. The Morgan fingerprint density at radius 3 is 1.70 bits per heavy atom. The molecular formula is C19H32N4O9S. The highest BCUT2D eigenvalue weighted by Gasteiger charge is 2.33. The van der Waals surface area contributed by atoms with Crippen molar-refractivity contribution in [1.29, 1.82) is 0 Å². The monoisotopic (exact) mass is 492 g/mol. The molecule has 0 aromatic rings. The number of carboxylic acid groups (broad SMARTS) is 3. The number of carboxylic acids is 3. The highest BCUT2D eigenvalue weighted by Crippen LogP contribution is 2.09. The molecule has 14 heteroatoms. The number of carbonyl (C=O) groups is 6. The molecule has 0 fully saturated rings. The van der Waals surface area contributed by atoms with Crippen LogP contribution in [-0.4, -0.2) is 87.1 Å². The zero-order chi connectivity index (χ0) is 25.7. The van der Waals surface area contributed by atoms with Crippen LogP contribution in [0.15, 0.2) is 0 Å². The molecule has 3 amide bonds. The molecule has 0 bridgehead atoms. The average molecular weight is 493 g/mol. The van der Waals surface area contributed by atoms with E-state index in [2.05, 4.69) is 16.0 Å². The van der Waals surface area contributed by atoms with E-state index < -0.39 is 78.6 Å². The fourth-order valence-electron chi connectivity index (χ4n) is 2.63. The van der Waals surface area contributed by atoms with E-state index >= 15 is 0 Å². The first-order valence-electron chi connectivity index (χ1n) is 10.2. The topological polar surface area (TPSA) is 225 Å². The molecule has 8 N–H and O–H groups in total. The highest BCUT2D eigenvalue weighted by atomic mass is 32.2. The highest BCUT2D eigenvalue weighted by molar-refractivity contribution is 7.98. The van der Waals surface area contributed by atoms with Crippen molar-refractivity contribution in [3.63, 3.8) is 0 Å². The largest absolute Gasteiger partial charge is 0.481 e. The number of hydrogen-bond acceptors (Lipinski definition) is 8.